The van der Waals surface area contributed by atoms with Gasteiger partial charge in [-0.2, -0.15) is 0 Å². The van der Waals surface area contributed by atoms with Gasteiger partial charge in [-0.3, -0.25) is 4.79 Å². The predicted octanol–water partition coefficient (Wildman–Crippen LogP) is 1.15. The Hall–Kier alpha value is -1.60. The number of carbonyl (C=O) groups excluding carboxylic acids is 1. The molecule has 1 aromatic carbocycles. The molecular formula is C15H18BrN3O3. The van der Waals surface area contributed by atoms with Crippen LogP contribution in [0.1, 0.15) is 23.2 Å². The minimum absolute atomic E-state index is 0.0266. The lowest BCUT2D eigenvalue weighted by molar-refractivity contribution is -0.123. The van der Waals surface area contributed by atoms with Crippen molar-refractivity contribution in [1.82, 2.24) is 5.32 Å². The summed E-state index contributed by atoms with van der Waals surface area (Å²) in [5.74, 6) is -0.772. The molecule has 1 amide bonds. The van der Waals surface area contributed by atoms with Crippen molar-refractivity contribution in [3.8, 4) is 0 Å². The van der Waals surface area contributed by atoms with E-state index < -0.39 is 12.1 Å². The molecule has 1 saturated carbocycles. The average Bonchev–Trinajstić information content (AvgIpc) is 3.30. The van der Waals surface area contributed by atoms with Crippen LogP contribution in [0, 0.1) is 5.92 Å². The number of benzene rings is 1. The number of amides is 1. The summed E-state index contributed by atoms with van der Waals surface area (Å²) < 4.78 is 0. The van der Waals surface area contributed by atoms with Gasteiger partial charge in [0.2, 0.25) is 5.91 Å². The molecule has 3 rings (SSSR count). The van der Waals surface area contributed by atoms with Crippen molar-refractivity contribution in [1.29, 1.82) is 0 Å². The topological polar surface area (TPSA) is 95.7 Å². The molecule has 0 spiro atoms. The summed E-state index contributed by atoms with van der Waals surface area (Å²) in [6.07, 6.45) is 1.51. The molecule has 0 bridgehead atoms. The van der Waals surface area contributed by atoms with Crippen LogP contribution < -0.4 is 16.0 Å². The highest BCUT2D eigenvalue weighted by Gasteiger charge is 2.41. The van der Waals surface area contributed by atoms with E-state index in [9.17, 15) is 9.59 Å². The number of nitrogens with two attached hydrogens (primary N) is 1. The number of alkyl halides is 1. The number of hydrogen-bond acceptors (Lipinski definition) is 4. The summed E-state index contributed by atoms with van der Waals surface area (Å²) in [5, 5.41) is 12.1. The van der Waals surface area contributed by atoms with E-state index in [0.29, 0.717) is 6.54 Å². The Labute approximate surface area is 136 Å². The smallest absolute Gasteiger partial charge is 0.335 e. The van der Waals surface area contributed by atoms with Crippen molar-refractivity contribution in [2.45, 2.75) is 29.9 Å². The zero-order chi connectivity index (χ0) is 15.9. The second kappa shape index (κ2) is 5.89. The summed E-state index contributed by atoms with van der Waals surface area (Å²) in [6.45, 7) is 0.611. The molecule has 1 heterocycles. The maximum atomic E-state index is 12.0. The summed E-state index contributed by atoms with van der Waals surface area (Å²) in [5.41, 5.74) is 7.25. The van der Waals surface area contributed by atoms with E-state index in [4.69, 9.17) is 10.8 Å². The molecule has 1 aromatic rings. The zero-order valence-corrected chi connectivity index (χ0v) is 13.5. The summed E-state index contributed by atoms with van der Waals surface area (Å²) in [6, 6.07) is 6.49. The lowest BCUT2D eigenvalue weighted by Gasteiger charge is -2.27. The van der Waals surface area contributed by atoms with Gasteiger partial charge in [-0.1, -0.05) is 22.0 Å². The number of carbonyl (C=O) groups is 2. The molecule has 7 heteroatoms. The maximum absolute atomic E-state index is 12.0. The molecule has 1 saturated heterocycles. The van der Waals surface area contributed by atoms with Gasteiger partial charge in [0.05, 0.1) is 22.6 Å². The van der Waals surface area contributed by atoms with Gasteiger partial charge in [0, 0.05) is 18.2 Å². The van der Waals surface area contributed by atoms with E-state index in [-0.39, 0.29) is 28.3 Å². The molecular weight excluding hydrogens is 350 g/mol. The van der Waals surface area contributed by atoms with Crippen molar-refractivity contribution in [2.75, 3.05) is 11.4 Å². The summed E-state index contributed by atoms with van der Waals surface area (Å²) >= 11 is 3.58. The third-order valence-electron chi connectivity index (χ3n) is 4.17. The first-order valence-corrected chi connectivity index (χ1v) is 8.19. The summed E-state index contributed by atoms with van der Waals surface area (Å²) in [4.78, 5) is 25.0. The number of rotatable bonds is 4. The van der Waals surface area contributed by atoms with Crippen molar-refractivity contribution in [3.63, 3.8) is 0 Å². The number of hydrogen-bond donors (Lipinski definition) is 3. The van der Waals surface area contributed by atoms with Crippen LogP contribution in [0.5, 0.6) is 0 Å². The molecule has 2 aliphatic rings. The second-order valence-corrected chi connectivity index (χ2v) is 7.00. The number of anilines is 1. The lowest BCUT2D eigenvalue weighted by Crippen LogP contribution is -2.52. The fraction of sp³-hybridized carbons (Fsp3) is 0.467. The molecule has 0 aromatic heterocycles. The van der Waals surface area contributed by atoms with Gasteiger partial charge in [-0.15, -0.1) is 0 Å². The Morgan fingerprint density at radius 2 is 2.09 bits per heavy atom. The van der Waals surface area contributed by atoms with Gasteiger partial charge >= 0.3 is 5.97 Å². The van der Waals surface area contributed by atoms with Gasteiger partial charge in [-0.05, 0) is 31.0 Å². The van der Waals surface area contributed by atoms with E-state index in [1.54, 1.807) is 18.2 Å². The van der Waals surface area contributed by atoms with Crippen molar-refractivity contribution in [2.24, 2.45) is 11.7 Å². The number of nitrogens with one attached hydrogen (secondary N) is 1. The van der Waals surface area contributed by atoms with Gasteiger partial charge in [0.1, 0.15) is 0 Å². The fourth-order valence-electron chi connectivity index (χ4n) is 2.73. The first-order valence-electron chi connectivity index (χ1n) is 7.27. The quantitative estimate of drug-likeness (QED) is 0.693. The SMILES string of the molecule is NC1C(NC(=O)C2CC2)C(Br)CN1c1cccc(C(=O)O)c1. The molecule has 2 fully saturated rings. The number of nitrogens with zero attached hydrogens (tertiary/aromatic N) is 1. The standard InChI is InChI=1S/C15H18BrN3O3/c16-11-7-19(10-3-1-2-9(6-10)15(21)22)13(17)12(11)18-14(20)8-4-5-8/h1-3,6,8,11-13H,4-5,7,17H2,(H,18,20)(H,21,22). The largest absolute Gasteiger partial charge is 0.478 e. The van der Waals surface area contributed by atoms with Crippen LogP contribution in [0.15, 0.2) is 24.3 Å². The highest BCUT2D eigenvalue weighted by atomic mass is 79.9. The van der Waals surface area contributed by atoms with Crippen molar-refractivity contribution >= 4 is 33.5 Å². The van der Waals surface area contributed by atoms with Crippen LogP contribution in [0.25, 0.3) is 0 Å². The third-order valence-corrected chi connectivity index (χ3v) is 5.03. The number of aromatic carboxylic acids is 1. The molecule has 0 radical (unpaired) electrons. The monoisotopic (exact) mass is 367 g/mol. The number of carboxylic acid groups (broad SMARTS) is 1. The van der Waals surface area contributed by atoms with Gasteiger partial charge in [0.25, 0.3) is 0 Å². The number of halogens is 1. The van der Waals surface area contributed by atoms with Gasteiger partial charge in [0.15, 0.2) is 0 Å². The molecule has 4 N–H and O–H groups in total. The first-order chi connectivity index (χ1) is 10.5. The Morgan fingerprint density at radius 3 is 2.73 bits per heavy atom. The van der Waals surface area contributed by atoms with E-state index in [0.717, 1.165) is 18.5 Å². The minimum atomic E-state index is -0.969. The normalized spacial score (nSPS) is 27.7. The van der Waals surface area contributed by atoms with Gasteiger partial charge < -0.3 is 21.1 Å². The van der Waals surface area contributed by atoms with Crippen LogP contribution in [-0.2, 0) is 4.79 Å². The molecule has 1 aliphatic heterocycles. The lowest BCUT2D eigenvalue weighted by atomic mass is 10.2. The Bertz CT molecular complexity index is 605. The second-order valence-electron chi connectivity index (χ2n) is 5.82. The van der Waals surface area contributed by atoms with Crippen LogP contribution >= 0.6 is 15.9 Å². The molecule has 22 heavy (non-hydrogen) atoms. The average molecular weight is 368 g/mol. The van der Waals surface area contributed by atoms with Crippen LogP contribution in [0.2, 0.25) is 0 Å². The van der Waals surface area contributed by atoms with E-state index in [1.807, 2.05) is 11.0 Å². The Balaban J connectivity index is 1.76. The highest BCUT2D eigenvalue weighted by molar-refractivity contribution is 9.09. The fourth-order valence-corrected chi connectivity index (χ4v) is 3.49. The van der Waals surface area contributed by atoms with Gasteiger partial charge in [-0.25, -0.2) is 4.79 Å². The molecule has 1 aliphatic carbocycles. The Morgan fingerprint density at radius 1 is 1.36 bits per heavy atom. The predicted molar refractivity (Wildman–Crippen MR) is 86.1 cm³/mol. The number of carboxylic acids is 1. The molecule has 6 nitrogen and oxygen atoms in total. The van der Waals surface area contributed by atoms with Crippen molar-refractivity contribution < 1.29 is 14.7 Å². The third kappa shape index (κ3) is 2.96. The molecule has 118 valence electrons. The van der Waals surface area contributed by atoms with E-state index >= 15 is 0 Å². The Kier molecular flexibility index (Phi) is 4.10. The van der Waals surface area contributed by atoms with E-state index in [1.165, 1.54) is 0 Å². The minimum Gasteiger partial charge on any atom is -0.478 e. The van der Waals surface area contributed by atoms with Crippen LogP contribution in [0.4, 0.5) is 5.69 Å². The van der Waals surface area contributed by atoms with E-state index in [2.05, 4.69) is 21.2 Å². The van der Waals surface area contributed by atoms with Crippen molar-refractivity contribution in [3.05, 3.63) is 29.8 Å². The van der Waals surface area contributed by atoms with Crippen LogP contribution in [-0.4, -0.2) is 40.6 Å². The summed E-state index contributed by atoms with van der Waals surface area (Å²) in [7, 11) is 0. The molecule has 3 unspecified atom stereocenters. The zero-order valence-electron chi connectivity index (χ0n) is 11.9. The maximum Gasteiger partial charge on any atom is 0.335 e. The first kappa shape index (κ1) is 15.3. The molecule has 3 atom stereocenters. The highest BCUT2D eigenvalue weighted by Crippen LogP contribution is 2.32. The van der Waals surface area contributed by atoms with Crippen LogP contribution in [0.3, 0.4) is 0 Å².